The molecule has 23 heavy (non-hydrogen) atoms. The van der Waals surface area contributed by atoms with Crippen LogP contribution in [0, 0.1) is 17.7 Å². The van der Waals surface area contributed by atoms with Crippen molar-refractivity contribution >= 4 is 17.5 Å². The lowest BCUT2D eigenvalue weighted by atomic mass is 9.94. The maximum atomic E-state index is 13.6. The maximum absolute atomic E-state index is 13.6. The molecule has 0 fully saturated rings. The van der Waals surface area contributed by atoms with Gasteiger partial charge in [-0.1, -0.05) is 13.8 Å². The fourth-order valence-electron chi connectivity index (χ4n) is 2.44. The van der Waals surface area contributed by atoms with Crippen LogP contribution in [0.4, 0.5) is 10.1 Å². The first-order chi connectivity index (χ1) is 10.8. The predicted molar refractivity (Wildman–Crippen MR) is 87.7 cm³/mol. The lowest BCUT2D eigenvalue weighted by Gasteiger charge is -2.18. The van der Waals surface area contributed by atoms with Crippen LogP contribution >= 0.6 is 0 Å². The fraction of sp³-hybridized carbons (Fsp3) is 0.529. The van der Waals surface area contributed by atoms with Gasteiger partial charge in [0.1, 0.15) is 5.82 Å². The largest absolute Gasteiger partial charge is 0.396 e. The monoisotopic (exact) mass is 324 g/mol. The van der Waals surface area contributed by atoms with Crippen molar-refractivity contribution in [1.82, 2.24) is 5.32 Å². The average molecular weight is 324 g/mol. The van der Waals surface area contributed by atoms with E-state index in [0.29, 0.717) is 18.9 Å². The molecule has 1 aromatic rings. The lowest BCUT2D eigenvalue weighted by Crippen LogP contribution is -2.30. The molecule has 1 unspecified atom stereocenters. The molecule has 0 spiro atoms. The molecule has 3 N–H and O–H groups in total. The van der Waals surface area contributed by atoms with Gasteiger partial charge in [-0.25, -0.2) is 4.39 Å². The zero-order valence-electron chi connectivity index (χ0n) is 13.9. The third-order valence-electron chi connectivity index (χ3n) is 3.43. The van der Waals surface area contributed by atoms with Crippen molar-refractivity contribution in [1.29, 1.82) is 0 Å². The quantitative estimate of drug-likeness (QED) is 0.687. The Balaban J connectivity index is 2.71. The number of carbonyl (C=O) groups is 2. The second kappa shape index (κ2) is 9.25. The number of aliphatic hydroxyl groups excluding tert-OH is 1. The van der Waals surface area contributed by atoms with Crippen LogP contribution in [0.1, 0.15) is 44.0 Å². The highest BCUT2D eigenvalue weighted by Crippen LogP contribution is 2.17. The number of benzene rings is 1. The number of hydrogen-bond acceptors (Lipinski definition) is 3. The van der Waals surface area contributed by atoms with Gasteiger partial charge in [0.2, 0.25) is 5.91 Å². The summed E-state index contributed by atoms with van der Waals surface area (Å²) in [5.74, 6) is -0.653. The number of carbonyl (C=O) groups excluding carboxylic acids is 2. The van der Waals surface area contributed by atoms with Crippen molar-refractivity contribution in [2.24, 2.45) is 11.8 Å². The molecular weight excluding hydrogens is 299 g/mol. The van der Waals surface area contributed by atoms with E-state index in [0.717, 1.165) is 12.5 Å². The van der Waals surface area contributed by atoms with Crippen LogP contribution in [0.3, 0.4) is 0 Å². The number of aliphatic hydroxyl groups is 1. The first kappa shape index (κ1) is 19.1. The number of hydrogen-bond donors (Lipinski definition) is 3. The highest BCUT2D eigenvalue weighted by Gasteiger charge is 2.14. The van der Waals surface area contributed by atoms with Crippen LogP contribution < -0.4 is 10.6 Å². The van der Waals surface area contributed by atoms with Gasteiger partial charge in [0, 0.05) is 25.6 Å². The third kappa shape index (κ3) is 6.78. The standard InChI is InChI=1S/C17H25FN2O3/c1-11(2)8-13(6-7-21)10-19-17(23)14-4-5-15(18)16(9-14)20-12(3)22/h4-5,9,11,13,21H,6-8,10H2,1-3H3,(H,19,23)(H,20,22). The summed E-state index contributed by atoms with van der Waals surface area (Å²) in [4.78, 5) is 23.2. The summed E-state index contributed by atoms with van der Waals surface area (Å²) < 4.78 is 13.6. The van der Waals surface area contributed by atoms with Crippen molar-refractivity contribution in [3.63, 3.8) is 0 Å². The van der Waals surface area contributed by atoms with Crippen LogP contribution in [0.25, 0.3) is 0 Å². The summed E-state index contributed by atoms with van der Waals surface area (Å²) in [6, 6.07) is 3.84. The van der Waals surface area contributed by atoms with Gasteiger partial charge in [-0.15, -0.1) is 0 Å². The summed E-state index contributed by atoms with van der Waals surface area (Å²) in [6.07, 6.45) is 1.53. The highest BCUT2D eigenvalue weighted by molar-refractivity contribution is 5.96. The van der Waals surface area contributed by atoms with E-state index < -0.39 is 11.7 Å². The molecule has 0 heterocycles. The van der Waals surface area contributed by atoms with Crippen LogP contribution in [0.15, 0.2) is 18.2 Å². The molecule has 0 aliphatic carbocycles. The lowest BCUT2D eigenvalue weighted by molar-refractivity contribution is -0.114. The van der Waals surface area contributed by atoms with Crippen molar-refractivity contribution in [3.8, 4) is 0 Å². The normalized spacial score (nSPS) is 12.1. The van der Waals surface area contributed by atoms with Gasteiger partial charge in [-0.2, -0.15) is 0 Å². The van der Waals surface area contributed by atoms with Gasteiger partial charge in [0.25, 0.3) is 5.91 Å². The molecule has 0 aliphatic rings. The predicted octanol–water partition coefficient (Wildman–Crippen LogP) is 2.56. The Morgan fingerprint density at radius 1 is 1.30 bits per heavy atom. The Kier molecular flexibility index (Phi) is 7.68. The van der Waals surface area contributed by atoms with E-state index in [9.17, 15) is 14.0 Å². The Labute approximate surface area is 136 Å². The minimum absolute atomic E-state index is 0.0146. The highest BCUT2D eigenvalue weighted by atomic mass is 19.1. The summed E-state index contributed by atoms with van der Waals surface area (Å²) in [5, 5.41) is 14.2. The van der Waals surface area contributed by atoms with Gasteiger partial charge >= 0.3 is 0 Å². The maximum Gasteiger partial charge on any atom is 0.251 e. The van der Waals surface area contributed by atoms with Crippen molar-refractivity contribution in [2.45, 2.75) is 33.6 Å². The minimum atomic E-state index is -0.588. The van der Waals surface area contributed by atoms with Gasteiger partial charge in [0.15, 0.2) is 0 Å². The van der Waals surface area contributed by atoms with Crippen LogP contribution in [-0.4, -0.2) is 30.1 Å². The average Bonchev–Trinajstić information content (AvgIpc) is 2.46. The van der Waals surface area contributed by atoms with E-state index in [4.69, 9.17) is 5.11 Å². The topological polar surface area (TPSA) is 78.4 Å². The van der Waals surface area contributed by atoms with Crippen LogP contribution in [0.5, 0.6) is 0 Å². The van der Waals surface area contributed by atoms with Crippen molar-refractivity contribution in [3.05, 3.63) is 29.6 Å². The molecule has 1 atom stereocenters. The molecule has 0 aliphatic heterocycles. The number of rotatable bonds is 8. The van der Waals surface area contributed by atoms with Crippen LogP contribution in [0.2, 0.25) is 0 Å². The Morgan fingerprint density at radius 3 is 2.57 bits per heavy atom. The molecule has 6 heteroatoms. The van der Waals surface area contributed by atoms with E-state index in [1.807, 2.05) is 0 Å². The number of nitrogens with one attached hydrogen (secondary N) is 2. The molecule has 2 amide bonds. The molecule has 0 saturated carbocycles. The summed E-state index contributed by atoms with van der Waals surface area (Å²) >= 11 is 0. The molecule has 0 bridgehead atoms. The van der Waals surface area contributed by atoms with E-state index in [1.54, 1.807) is 0 Å². The Hall–Kier alpha value is -1.95. The summed E-state index contributed by atoms with van der Waals surface area (Å²) in [6.45, 7) is 5.98. The molecule has 0 radical (unpaired) electrons. The summed E-state index contributed by atoms with van der Waals surface area (Å²) in [5.41, 5.74) is 0.265. The number of anilines is 1. The van der Waals surface area contributed by atoms with Crippen molar-refractivity contribution < 1.29 is 19.1 Å². The Bertz CT molecular complexity index is 547. The molecule has 5 nitrogen and oxygen atoms in total. The van der Waals surface area contributed by atoms with Gasteiger partial charge in [-0.3, -0.25) is 9.59 Å². The minimum Gasteiger partial charge on any atom is -0.396 e. The second-order valence-corrected chi connectivity index (χ2v) is 6.09. The number of amides is 2. The molecule has 0 aromatic heterocycles. The zero-order valence-corrected chi connectivity index (χ0v) is 13.9. The van der Waals surface area contributed by atoms with Gasteiger partial charge in [0.05, 0.1) is 5.69 Å². The molecule has 1 rings (SSSR count). The first-order valence-electron chi connectivity index (χ1n) is 7.79. The zero-order chi connectivity index (χ0) is 17.4. The molecule has 0 saturated heterocycles. The van der Waals surface area contributed by atoms with Gasteiger partial charge in [-0.05, 0) is 42.9 Å². The van der Waals surface area contributed by atoms with E-state index >= 15 is 0 Å². The SMILES string of the molecule is CC(=O)Nc1cc(C(=O)NCC(CCO)CC(C)C)ccc1F. The smallest absolute Gasteiger partial charge is 0.251 e. The molecule has 1 aromatic carbocycles. The fourth-order valence-corrected chi connectivity index (χ4v) is 2.44. The first-order valence-corrected chi connectivity index (χ1v) is 7.79. The van der Waals surface area contributed by atoms with E-state index in [2.05, 4.69) is 24.5 Å². The van der Waals surface area contributed by atoms with Crippen LogP contribution in [-0.2, 0) is 4.79 Å². The van der Waals surface area contributed by atoms with E-state index in [-0.39, 0.29) is 29.7 Å². The van der Waals surface area contributed by atoms with Gasteiger partial charge < -0.3 is 15.7 Å². The second-order valence-electron chi connectivity index (χ2n) is 6.09. The van der Waals surface area contributed by atoms with E-state index in [1.165, 1.54) is 19.1 Å². The third-order valence-corrected chi connectivity index (χ3v) is 3.43. The number of halogens is 1. The van der Waals surface area contributed by atoms with Crippen molar-refractivity contribution in [2.75, 3.05) is 18.5 Å². The molecule has 128 valence electrons. The Morgan fingerprint density at radius 2 is 2.00 bits per heavy atom. The summed E-state index contributed by atoms with van der Waals surface area (Å²) in [7, 11) is 0. The molecular formula is C17H25FN2O3.